The second kappa shape index (κ2) is 9.21. The molecule has 144 valence electrons. The van der Waals surface area contributed by atoms with Crippen molar-refractivity contribution in [1.29, 1.82) is 0 Å². The Labute approximate surface area is 159 Å². The lowest BCUT2D eigenvalue weighted by atomic mass is 9.96. The Kier molecular flexibility index (Phi) is 6.46. The standard InChI is InChI=1S/C20H26N4O3/c1-26-17-9-8-14(10-18(17)27-2)11-23-20(25)16-12-22-19(13-21-16)24-15-6-4-3-5-7-15/h8-10,12-13,15H,3-7,11H2,1-2H3,(H,22,24)(H,23,25). The number of nitrogens with one attached hydrogen (secondary N) is 2. The molecule has 1 aromatic carbocycles. The van der Waals surface area contributed by atoms with Crippen LogP contribution in [-0.2, 0) is 6.54 Å². The van der Waals surface area contributed by atoms with Crippen LogP contribution in [0.15, 0.2) is 30.6 Å². The first-order valence-corrected chi connectivity index (χ1v) is 9.27. The summed E-state index contributed by atoms with van der Waals surface area (Å²) < 4.78 is 10.5. The molecule has 2 aromatic rings. The molecule has 7 heteroatoms. The fraction of sp³-hybridized carbons (Fsp3) is 0.450. The summed E-state index contributed by atoms with van der Waals surface area (Å²) in [6.07, 6.45) is 9.27. The zero-order valence-electron chi connectivity index (χ0n) is 15.8. The molecule has 0 atom stereocenters. The predicted molar refractivity (Wildman–Crippen MR) is 103 cm³/mol. The Balaban J connectivity index is 1.54. The first kappa shape index (κ1) is 18.9. The van der Waals surface area contributed by atoms with Crippen LogP contribution in [0.3, 0.4) is 0 Å². The molecule has 0 spiro atoms. The van der Waals surface area contributed by atoms with Crippen molar-refractivity contribution < 1.29 is 14.3 Å². The van der Waals surface area contributed by atoms with Gasteiger partial charge in [-0.05, 0) is 30.5 Å². The zero-order chi connectivity index (χ0) is 19.1. The number of hydrogen-bond acceptors (Lipinski definition) is 6. The Bertz CT molecular complexity index is 758. The number of ether oxygens (including phenoxy) is 2. The Morgan fingerprint density at radius 3 is 2.52 bits per heavy atom. The molecule has 27 heavy (non-hydrogen) atoms. The minimum Gasteiger partial charge on any atom is -0.493 e. The molecule has 1 aliphatic carbocycles. The van der Waals surface area contributed by atoms with E-state index >= 15 is 0 Å². The lowest BCUT2D eigenvalue weighted by Crippen LogP contribution is -2.25. The number of amides is 1. The molecule has 1 heterocycles. The number of carbonyl (C=O) groups excluding carboxylic acids is 1. The van der Waals surface area contributed by atoms with E-state index < -0.39 is 0 Å². The van der Waals surface area contributed by atoms with E-state index in [1.807, 2.05) is 18.2 Å². The van der Waals surface area contributed by atoms with Gasteiger partial charge in [0, 0.05) is 12.6 Å². The van der Waals surface area contributed by atoms with Crippen LogP contribution in [0, 0.1) is 0 Å². The van der Waals surface area contributed by atoms with E-state index in [2.05, 4.69) is 20.6 Å². The summed E-state index contributed by atoms with van der Waals surface area (Å²) in [6.45, 7) is 0.364. The Morgan fingerprint density at radius 2 is 1.85 bits per heavy atom. The molecule has 0 aliphatic heterocycles. The minimum absolute atomic E-state index is 0.262. The van der Waals surface area contributed by atoms with Gasteiger partial charge in [-0.15, -0.1) is 0 Å². The number of aromatic nitrogens is 2. The molecule has 1 aromatic heterocycles. The molecule has 3 rings (SSSR count). The highest BCUT2D eigenvalue weighted by Gasteiger charge is 2.14. The van der Waals surface area contributed by atoms with Gasteiger partial charge in [0.05, 0.1) is 26.6 Å². The third-order valence-corrected chi connectivity index (χ3v) is 4.74. The predicted octanol–water partition coefficient (Wildman–Crippen LogP) is 3.17. The number of nitrogens with zero attached hydrogens (tertiary/aromatic N) is 2. The Morgan fingerprint density at radius 1 is 1.07 bits per heavy atom. The maximum Gasteiger partial charge on any atom is 0.271 e. The number of benzene rings is 1. The Hall–Kier alpha value is -2.83. The quantitative estimate of drug-likeness (QED) is 0.779. The number of carbonyl (C=O) groups is 1. The van der Waals surface area contributed by atoms with E-state index in [1.165, 1.54) is 25.5 Å². The van der Waals surface area contributed by atoms with Crippen molar-refractivity contribution in [2.24, 2.45) is 0 Å². The van der Waals surface area contributed by atoms with Crippen LogP contribution in [0.1, 0.15) is 48.2 Å². The van der Waals surface area contributed by atoms with Crippen molar-refractivity contribution in [1.82, 2.24) is 15.3 Å². The minimum atomic E-state index is -0.262. The van der Waals surface area contributed by atoms with Crippen LogP contribution >= 0.6 is 0 Å². The van der Waals surface area contributed by atoms with Crippen LogP contribution in [0.25, 0.3) is 0 Å². The lowest BCUT2D eigenvalue weighted by Gasteiger charge is -2.23. The van der Waals surface area contributed by atoms with Crippen molar-refractivity contribution in [3.8, 4) is 11.5 Å². The number of methoxy groups -OCH3 is 2. The molecule has 2 N–H and O–H groups in total. The normalized spacial score (nSPS) is 14.4. The summed E-state index contributed by atoms with van der Waals surface area (Å²) in [4.78, 5) is 20.9. The number of anilines is 1. The van der Waals surface area contributed by atoms with Crippen LogP contribution in [0.5, 0.6) is 11.5 Å². The van der Waals surface area contributed by atoms with Crippen molar-refractivity contribution >= 4 is 11.7 Å². The van der Waals surface area contributed by atoms with Crippen molar-refractivity contribution in [3.63, 3.8) is 0 Å². The zero-order valence-corrected chi connectivity index (χ0v) is 15.8. The fourth-order valence-corrected chi connectivity index (χ4v) is 3.24. The van der Waals surface area contributed by atoms with E-state index in [9.17, 15) is 4.79 Å². The highest BCUT2D eigenvalue weighted by atomic mass is 16.5. The van der Waals surface area contributed by atoms with E-state index in [0.29, 0.717) is 29.8 Å². The maximum atomic E-state index is 12.3. The first-order valence-electron chi connectivity index (χ1n) is 9.27. The second-order valence-corrected chi connectivity index (χ2v) is 6.64. The summed E-state index contributed by atoms with van der Waals surface area (Å²) in [6, 6.07) is 5.98. The topological polar surface area (TPSA) is 85.4 Å². The van der Waals surface area contributed by atoms with Crippen molar-refractivity contribution in [3.05, 3.63) is 41.9 Å². The molecule has 1 saturated carbocycles. The van der Waals surface area contributed by atoms with Gasteiger partial charge < -0.3 is 20.1 Å². The fourth-order valence-electron chi connectivity index (χ4n) is 3.24. The summed E-state index contributed by atoms with van der Waals surface area (Å²) in [5.41, 5.74) is 1.20. The van der Waals surface area contributed by atoms with E-state index in [1.54, 1.807) is 20.4 Å². The van der Waals surface area contributed by atoms with Gasteiger partial charge in [-0.25, -0.2) is 9.97 Å². The third kappa shape index (κ3) is 5.09. The van der Waals surface area contributed by atoms with Gasteiger partial charge in [-0.1, -0.05) is 25.3 Å². The average Bonchev–Trinajstić information content (AvgIpc) is 2.73. The van der Waals surface area contributed by atoms with Gasteiger partial charge in [0.25, 0.3) is 5.91 Å². The van der Waals surface area contributed by atoms with Gasteiger partial charge in [0.1, 0.15) is 11.5 Å². The van der Waals surface area contributed by atoms with Gasteiger partial charge in [-0.3, -0.25) is 4.79 Å². The molecule has 1 fully saturated rings. The average molecular weight is 370 g/mol. The highest BCUT2D eigenvalue weighted by molar-refractivity contribution is 5.91. The van der Waals surface area contributed by atoms with Crippen molar-refractivity contribution in [2.75, 3.05) is 19.5 Å². The summed E-state index contributed by atoms with van der Waals surface area (Å²) in [5.74, 6) is 1.74. The summed E-state index contributed by atoms with van der Waals surface area (Å²) in [7, 11) is 3.17. The summed E-state index contributed by atoms with van der Waals surface area (Å²) in [5, 5.41) is 6.24. The SMILES string of the molecule is COc1ccc(CNC(=O)c2cnc(NC3CCCCC3)cn2)cc1OC. The third-order valence-electron chi connectivity index (χ3n) is 4.74. The molecular formula is C20H26N4O3. The van der Waals surface area contributed by atoms with Crippen LogP contribution in [0.2, 0.25) is 0 Å². The molecule has 0 radical (unpaired) electrons. The van der Waals surface area contributed by atoms with E-state index in [0.717, 1.165) is 24.2 Å². The van der Waals surface area contributed by atoms with Crippen LogP contribution in [-0.4, -0.2) is 36.1 Å². The molecule has 0 saturated heterocycles. The summed E-state index contributed by atoms with van der Waals surface area (Å²) >= 11 is 0. The smallest absolute Gasteiger partial charge is 0.271 e. The van der Waals surface area contributed by atoms with Gasteiger partial charge in [0.2, 0.25) is 0 Å². The van der Waals surface area contributed by atoms with Crippen LogP contribution < -0.4 is 20.1 Å². The molecule has 0 bridgehead atoms. The van der Waals surface area contributed by atoms with E-state index in [4.69, 9.17) is 9.47 Å². The molecule has 7 nitrogen and oxygen atoms in total. The second-order valence-electron chi connectivity index (χ2n) is 6.64. The van der Waals surface area contributed by atoms with Crippen molar-refractivity contribution in [2.45, 2.75) is 44.7 Å². The monoisotopic (exact) mass is 370 g/mol. The highest BCUT2D eigenvalue weighted by Crippen LogP contribution is 2.27. The largest absolute Gasteiger partial charge is 0.493 e. The van der Waals surface area contributed by atoms with E-state index in [-0.39, 0.29) is 5.91 Å². The molecule has 1 aliphatic rings. The number of rotatable bonds is 7. The van der Waals surface area contributed by atoms with Gasteiger partial charge in [0.15, 0.2) is 11.5 Å². The van der Waals surface area contributed by atoms with Gasteiger partial charge in [-0.2, -0.15) is 0 Å². The molecule has 1 amide bonds. The number of hydrogen-bond donors (Lipinski definition) is 2. The molecular weight excluding hydrogens is 344 g/mol. The maximum absolute atomic E-state index is 12.3. The van der Waals surface area contributed by atoms with Crippen LogP contribution in [0.4, 0.5) is 5.82 Å². The molecule has 0 unspecified atom stereocenters. The van der Waals surface area contributed by atoms with Gasteiger partial charge >= 0.3 is 0 Å². The lowest BCUT2D eigenvalue weighted by molar-refractivity contribution is 0.0945. The first-order chi connectivity index (χ1) is 13.2.